The van der Waals surface area contributed by atoms with E-state index in [2.05, 4.69) is 214 Å². The molecule has 0 saturated carbocycles. The molecule has 3 nitrogen and oxygen atoms in total. The molecule has 0 N–H and O–H groups in total. The molecule has 0 spiro atoms. The van der Waals surface area contributed by atoms with Crippen molar-refractivity contribution in [3.05, 3.63) is 200 Å². The molecule has 0 radical (unpaired) electrons. The van der Waals surface area contributed by atoms with Gasteiger partial charge in [0.2, 0.25) is 0 Å². The molecule has 57 heavy (non-hydrogen) atoms. The minimum absolute atomic E-state index is 1.06. The zero-order chi connectivity index (χ0) is 37.5. The van der Waals surface area contributed by atoms with Crippen molar-refractivity contribution >= 4 is 71.1 Å². The fourth-order valence-corrected chi connectivity index (χ4v) is 9.48. The summed E-state index contributed by atoms with van der Waals surface area (Å²) in [6, 6.07) is 67.1. The maximum Gasteiger partial charge on any atom is 0.0547 e. The van der Waals surface area contributed by atoms with E-state index in [1.807, 2.05) is 0 Å². The minimum Gasteiger partial charge on any atom is -0.310 e. The highest BCUT2D eigenvalue weighted by atomic mass is 15.0. The van der Waals surface area contributed by atoms with Gasteiger partial charge in [0.1, 0.15) is 0 Å². The molecule has 3 heterocycles. The second-order valence-electron chi connectivity index (χ2n) is 15.3. The maximum absolute atomic E-state index is 2.45. The highest BCUT2D eigenvalue weighted by molar-refractivity contribution is 6.13. The average Bonchev–Trinajstić information content (AvgIpc) is 3.92. The molecule has 0 fully saturated rings. The molecule has 0 unspecified atom stereocenters. The summed E-state index contributed by atoms with van der Waals surface area (Å²) in [5, 5.41) is 7.56. The van der Waals surface area contributed by atoms with E-state index in [1.54, 1.807) is 0 Å². The first kappa shape index (κ1) is 31.9. The monoisotopic (exact) mass is 727 g/mol. The van der Waals surface area contributed by atoms with Crippen LogP contribution in [0.25, 0.3) is 105 Å². The summed E-state index contributed by atoms with van der Waals surface area (Å²) in [6.45, 7) is 0. The number of hydrogen-bond acceptors (Lipinski definition) is 0. The molecule has 8 aromatic carbocycles. The standard InChI is InChI=1S/C54H37N3/c1-3-15-40(16-4-1)55-52-26-14-10-22-46(52)48-34-36(28-30-53(48)55)38-31-39(33-42(32-38)57-50-24-12-7-19-43(50)44-20-8-13-25-51(44)57)37-27-29-47-45-21-9-11-23-49(45)56(54(47)35-37)41-17-5-2-6-18-41/h2-3,5-35H,1,4H2. The van der Waals surface area contributed by atoms with Crippen LogP contribution >= 0.6 is 0 Å². The summed E-state index contributed by atoms with van der Waals surface area (Å²) in [6.07, 6.45) is 9.10. The molecular formula is C54H37N3. The van der Waals surface area contributed by atoms with Crippen molar-refractivity contribution in [1.29, 1.82) is 0 Å². The number of aromatic nitrogens is 3. The van der Waals surface area contributed by atoms with Gasteiger partial charge in [0, 0.05) is 49.4 Å². The Balaban J connectivity index is 1.13. The van der Waals surface area contributed by atoms with Gasteiger partial charge in [-0.1, -0.05) is 121 Å². The lowest BCUT2D eigenvalue weighted by Gasteiger charge is -2.15. The molecule has 11 aromatic rings. The molecule has 1 aliphatic rings. The van der Waals surface area contributed by atoms with Crippen molar-refractivity contribution in [2.45, 2.75) is 12.8 Å². The van der Waals surface area contributed by atoms with E-state index in [-0.39, 0.29) is 0 Å². The Morgan fingerprint density at radius 2 is 0.789 bits per heavy atom. The van der Waals surface area contributed by atoms with E-state index in [1.165, 1.54) is 93.4 Å². The minimum atomic E-state index is 1.06. The number of para-hydroxylation sites is 5. The third-order valence-electron chi connectivity index (χ3n) is 12.0. The summed E-state index contributed by atoms with van der Waals surface area (Å²) in [5.74, 6) is 0. The van der Waals surface area contributed by atoms with Crippen LogP contribution < -0.4 is 0 Å². The fraction of sp³-hybridized carbons (Fsp3) is 0.0370. The van der Waals surface area contributed by atoms with Crippen LogP contribution in [0.5, 0.6) is 0 Å². The second kappa shape index (κ2) is 12.6. The van der Waals surface area contributed by atoms with Gasteiger partial charge >= 0.3 is 0 Å². The van der Waals surface area contributed by atoms with Crippen molar-refractivity contribution in [2.24, 2.45) is 0 Å². The first-order chi connectivity index (χ1) is 28.3. The van der Waals surface area contributed by atoms with Gasteiger partial charge in [-0.25, -0.2) is 0 Å². The fourth-order valence-electron chi connectivity index (χ4n) is 9.48. The molecule has 1 aliphatic carbocycles. The number of rotatable bonds is 5. The Morgan fingerprint density at radius 3 is 1.40 bits per heavy atom. The lowest BCUT2D eigenvalue weighted by Crippen LogP contribution is -1.97. The number of fused-ring (bicyclic) bond motifs is 9. The topological polar surface area (TPSA) is 14.8 Å². The van der Waals surface area contributed by atoms with Crippen LogP contribution in [0.3, 0.4) is 0 Å². The van der Waals surface area contributed by atoms with Crippen LogP contribution in [0.15, 0.2) is 200 Å². The van der Waals surface area contributed by atoms with Gasteiger partial charge in [-0.2, -0.15) is 0 Å². The predicted octanol–water partition coefficient (Wildman–Crippen LogP) is 14.5. The van der Waals surface area contributed by atoms with Gasteiger partial charge in [0.15, 0.2) is 0 Å². The Hall–Kier alpha value is -7.36. The van der Waals surface area contributed by atoms with Gasteiger partial charge in [-0.05, 0) is 114 Å². The number of nitrogens with zero attached hydrogens (tertiary/aromatic N) is 3. The molecule has 0 atom stereocenters. The van der Waals surface area contributed by atoms with E-state index in [9.17, 15) is 0 Å². The highest BCUT2D eigenvalue weighted by Crippen LogP contribution is 2.41. The molecule has 0 saturated heterocycles. The van der Waals surface area contributed by atoms with E-state index in [0.29, 0.717) is 0 Å². The van der Waals surface area contributed by atoms with Gasteiger partial charge < -0.3 is 13.7 Å². The number of allylic oxidation sites excluding steroid dienone is 4. The number of benzene rings is 8. The average molecular weight is 728 g/mol. The highest BCUT2D eigenvalue weighted by Gasteiger charge is 2.19. The summed E-state index contributed by atoms with van der Waals surface area (Å²) < 4.78 is 7.29. The Labute approximate surface area is 330 Å². The van der Waals surface area contributed by atoms with E-state index < -0.39 is 0 Å². The van der Waals surface area contributed by atoms with Crippen molar-refractivity contribution in [3.8, 4) is 33.6 Å². The Morgan fingerprint density at radius 1 is 0.298 bits per heavy atom. The summed E-state index contributed by atoms with van der Waals surface area (Å²) >= 11 is 0. The third-order valence-corrected chi connectivity index (χ3v) is 12.0. The van der Waals surface area contributed by atoms with Gasteiger partial charge in [0.05, 0.1) is 33.1 Å². The normalized spacial score (nSPS) is 13.2. The van der Waals surface area contributed by atoms with Crippen LogP contribution in [0.1, 0.15) is 12.8 Å². The second-order valence-corrected chi connectivity index (χ2v) is 15.3. The lowest BCUT2D eigenvalue weighted by molar-refractivity contribution is 1.02. The Bertz CT molecular complexity index is 3400. The van der Waals surface area contributed by atoms with Crippen molar-refractivity contribution < 1.29 is 0 Å². The molecule has 0 aliphatic heterocycles. The summed E-state index contributed by atoms with van der Waals surface area (Å²) in [4.78, 5) is 0. The molecular weight excluding hydrogens is 691 g/mol. The van der Waals surface area contributed by atoms with Crippen LogP contribution in [0.4, 0.5) is 0 Å². The quantitative estimate of drug-likeness (QED) is 0.168. The first-order valence-electron chi connectivity index (χ1n) is 19.9. The zero-order valence-electron chi connectivity index (χ0n) is 31.3. The molecule has 0 bridgehead atoms. The van der Waals surface area contributed by atoms with Gasteiger partial charge in [-0.15, -0.1) is 0 Å². The molecule has 3 heteroatoms. The Kier molecular flexibility index (Phi) is 7.05. The van der Waals surface area contributed by atoms with E-state index in [4.69, 9.17) is 0 Å². The maximum atomic E-state index is 2.45. The first-order valence-corrected chi connectivity index (χ1v) is 19.9. The summed E-state index contributed by atoms with van der Waals surface area (Å²) in [5.41, 5.74) is 15.6. The number of hydrogen-bond donors (Lipinski definition) is 0. The third kappa shape index (κ3) is 4.92. The van der Waals surface area contributed by atoms with Crippen LogP contribution in [0.2, 0.25) is 0 Å². The smallest absolute Gasteiger partial charge is 0.0547 e. The van der Waals surface area contributed by atoms with Crippen molar-refractivity contribution in [1.82, 2.24) is 13.7 Å². The molecule has 268 valence electrons. The van der Waals surface area contributed by atoms with Crippen molar-refractivity contribution in [2.75, 3.05) is 0 Å². The largest absolute Gasteiger partial charge is 0.310 e. The van der Waals surface area contributed by atoms with Crippen LogP contribution in [-0.4, -0.2) is 13.7 Å². The molecule has 12 rings (SSSR count). The van der Waals surface area contributed by atoms with Gasteiger partial charge in [-0.3, -0.25) is 0 Å². The lowest BCUT2D eigenvalue weighted by atomic mass is 9.96. The van der Waals surface area contributed by atoms with E-state index in [0.717, 1.165) is 24.2 Å². The summed E-state index contributed by atoms with van der Waals surface area (Å²) in [7, 11) is 0. The van der Waals surface area contributed by atoms with Crippen LogP contribution in [0, 0.1) is 0 Å². The molecule has 0 amide bonds. The zero-order valence-corrected chi connectivity index (χ0v) is 31.3. The SMILES string of the molecule is C1=CC(n2c3ccccc3c3cc(-c4cc(-c5ccc6c7ccccc7n(-c7ccccc7)c6c5)cc(-n5c6ccccc6c6ccccc65)c4)ccc32)=CCC1. The predicted molar refractivity (Wildman–Crippen MR) is 242 cm³/mol. The van der Waals surface area contributed by atoms with Crippen LogP contribution in [-0.2, 0) is 0 Å². The molecule has 3 aromatic heterocycles. The van der Waals surface area contributed by atoms with Crippen molar-refractivity contribution in [3.63, 3.8) is 0 Å². The van der Waals surface area contributed by atoms with E-state index >= 15 is 0 Å². The van der Waals surface area contributed by atoms with Gasteiger partial charge in [0.25, 0.3) is 0 Å².